The van der Waals surface area contributed by atoms with Crippen LogP contribution < -0.4 is 11.1 Å². The topological polar surface area (TPSA) is 72.2 Å². The summed E-state index contributed by atoms with van der Waals surface area (Å²) in [5.74, 6) is -0.364. The van der Waals surface area contributed by atoms with Crippen LogP contribution in [0.2, 0.25) is 5.02 Å². The molecular weight excluding hydrogens is 368 g/mol. The zero-order chi connectivity index (χ0) is 18.5. The van der Waals surface area contributed by atoms with Gasteiger partial charge in [0.05, 0.1) is 12.2 Å². The van der Waals surface area contributed by atoms with Gasteiger partial charge in [0.2, 0.25) is 11.8 Å². The summed E-state index contributed by atoms with van der Waals surface area (Å²) in [6, 6.07) is 18.8. The van der Waals surface area contributed by atoms with Crippen molar-refractivity contribution in [3.8, 4) is 0 Å². The Balaban J connectivity index is 1.72. The normalized spacial score (nSPS) is 10.7. The Bertz CT molecular complexity index is 970. The molecule has 0 unspecified atom stereocenters. The summed E-state index contributed by atoms with van der Waals surface area (Å²) in [5.41, 5.74) is 6.56. The third-order valence-corrected chi connectivity index (χ3v) is 5.20. The Kier molecular flexibility index (Phi) is 5.81. The third-order valence-electron chi connectivity index (χ3n) is 3.83. The number of benzene rings is 3. The Labute approximate surface area is 160 Å². The van der Waals surface area contributed by atoms with Crippen molar-refractivity contribution >= 4 is 51.6 Å². The molecule has 0 aliphatic carbocycles. The molecule has 3 aromatic rings. The second-order valence-electron chi connectivity index (χ2n) is 5.73. The summed E-state index contributed by atoms with van der Waals surface area (Å²) in [4.78, 5) is 24.5. The molecule has 26 heavy (non-hydrogen) atoms. The predicted octanol–water partition coefficient (Wildman–Crippen LogP) is 4.25. The van der Waals surface area contributed by atoms with E-state index in [2.05, 4.69) is 5.32 Å². The number of halogens is 1. The zero-order valence-corrected chi connectivity index (χ0v) is 15.4. The summed E-state index contributed by atoms with van der Waals surface area (Å²) in [6.45, 7) is 0. The van der Waals surface area contributed by atoms with Gasteiger partial charge in [0.25, 0.3) is 0 Å². The van der Waals surface area contributed by atoms with E-state index >= 15 is 0 Å². The highest BCUT2D eigenvalue weighted by Gasteiger charge is 2.11. The van der Waals surface area contributed by atoms with Crippen LogP contribution in [0.4, 0.5) is 5.69 Å². The van der Waals surface area contributed by atoms with Gasteiger partial charge < -0.3 is 11.1 Å². The molecule has 0 fully saturated rings. The van der Waals surface area contributed by atoms with Gasteiger partial charge in [0, 0.05) is 21.0 Å². The minimum absolute atomic E-state index is 0.0858. The van der Waals surface area contributed by atoms with E-state index in [-0.39, 0.29) is 18.1 Å². The Hall–Kier alpha value is -2.50. The lowest BCUT2D eigenvalue weighted by Gasteiger charge is -2.11. The Morgan fingerprint density at radius 3 is 2.50 bits per heavy atom. The molecule has 0 atom stereocenters. The lowest BCUT2D eigenvalue weighted by atomic mass is 10.1. The van der Waals surface area contributed by atoms with E-state index in [4.69, 9.17) is 17.3 Å². The standard InChI is InChI=1S/C20H17ClN2O2S/c21-15-8-3-6-13-7-4-10-17(20(13)15)26-12-19(25)23-16-9-2-1-5-14(16)11-18(22)24/h1-10H,11-12H2,(H2,22,24)(H,23,25). The van der Waals surface area contributed by atoms with Gasteiger partial charge in [0.15, 0.2) is 0 Å². The zero-order valence-electron chi connectivity index (χ0n) is 13.9. The van der Waals surface area contributed by atoms with Gasteiger partial charge in [0.1, 0.15) is 0 Å². The highest BCUT2D eigenvalue weighted by molar-refractivity contribution is 8.00. The van der Waals surface area contributed by atoms with E-state index in [1.54, 1.807) is 24.3 Å². The number of fused-ring (bicyclic) bond motifs is 1. The number of rotatable bonds is 6. The molecule has 0 radical (unpaired) electrons. The first-order valence-corrected chi connectivity index (χ1v) is 9.37. The largest absolute Gasteiger partial charge is 0.369 e. The van der Waals surface area contributed by atoms with E-state index in [0.717, 1.165) is 15.7 Å². The lowest BCUT2D eigenvalue weighted by molar-refractivity contribution is -0.117. The molecule has 0 heterocycles. The molecule has 4 nitrogen and oxygen atoms in total. The first-order chi connectivity index (χ1) is 12.5. The molecule has 0 aliphatic heterocycles. The van der Waals surface area contributed by atoms with Crippen LogP contribution in [0.5, 0.6) is 0 Å². The molecule has 0 saturated heterocycles. The van der Waals surface area contributed by atoms with Gasteiger partial charge in [-0.15, -0.1) is 11.8 Å². The maximum Gasteiger partial charge on any atom is 0.234 e. The summed E-state index contributed by atoms with van der Waals surface area (Å²) in [6.07, 6.45) is 0.0858. The number of amides is 2. The maximum atomic E-state index is 12.4. The van der Waals surface area contributed by atoms with Gasteiger partial charge in [-0.1, -0.05) is 54.1 Å². The average Bonchev–Trinajstić information content (AvgIpc) is 2.61. The first-order valence-electron chi connectivity index (χ1n) is 8.00. The van der Waals surface area contributed by atoms with E-state index in [0.29, 0.717) is 16.3 Å². The van der Waals surface area contributed by atoms with E-state index in [9.17, 15) is 9.59 Å². The SMILES string of the molecule is NC(=O)Cc1ccccc1NC(=O)CSc1cccc2cccc(Cl)c12. The van der Waals surface area contributed by atoms with Crippen LogP contribution in [-0.2, 0) is 16.0 Å². The van der Waals surface area contributed by atoms with Gasteiger partial charge in [-0.2, -0.15) is 0 Å². The number of primary amides is 1. The van der Waals surface area contributed by atoms with Crippen LogP contribution in [0, 0.1) is 0 Å². The van der Waals surface area contributed by atoms with Gasteiger partial charge >= 0.3 is 0 Å². The molecule has 0 spiro atoms. The fraction of sp³-hybridized carbons (Fsp3) is 0.100. The summed E-state index contributed by atoms with van der Waals surface area (Å²) < 4.78 is 0. The van der Waals surface area contributed by atoms with Crippen LogP contribution in [0.3, 0.4) is 0 Å². The highest BCUT2D eigenvalue weighted by Crippen LogP contribution is 2.33. The highest BCUT2D eigenvalue weighted by atomic mass is 35.5. The molecule has 3 aromatic carbocycles. The number of anilines is 1. The van der Waals surface area contributed by atoms with Crippen molar-refractivity contribution < 1.29 is 9.59 Å². The van der Waals surface area contributed by atoms with Crippen molar-refractivity contribution in [2.45, 2.75) is 11.3 Å². The fourth-order valence-electron chi connectivity index (χ4n) is 2.70. The second kappa shape index (κ2) is 8.25. The van der Waals surface area contributed by atoms with Gasteiger partial charge in [-0.3, -0.25) is 9.59 Å². The van der Waals surface area contributed by atoms with Crippen LogP contribution in [0.25, 0.3) is 10.8 Å². The fourth-order valence-corrected chi connectivity index (χ4v) is 3.94. The van der Waals surface area contributed by atoms with Crippen LogP contribution in [0.1, 0.15) is 5.56 Å². The predicted molar refractivity (Wildman–Crippen MR) is 108 cm³/mol. The van der Waals surface area contributed by atoms with E-state index in [1.807, 2.05) is 36.4 Å². The minimum atomic E-state index is -0.438. The van der Waals surface area contributed by atoms with Gasteiger partial charge in [-0.05, 0) is 29.1 Å². The summed E-state index contributed by atoms with van der Waals surface area (Å²) in [7, 11) is 0. The quantitative estimate of drug-likeness (QED) is 0.624. The molecule has 3 rings (SSSR count). The van der Waals surface area contributed by atoms with Crippen molar-refractivity contribution in [1.29, 1.82) is 0 Å². The number of hydrogen-bond acceptors (Lipinski definition) is 3. The summed E-state index contributed by atoms with van der Waals surface area (Å²) >= 11 is 7.74. The van der Waals surface area contributed by atoms with Crippen molar-refractivity contribution in [1.82, 2.24) is 0 Å². The van der Waals surface area contributed by atoms with Crippen molar-refractivity contribution in [3.63, 3.8) is 0 Å². The number of nitrogens with two attached hydrogens (primary N) is 1. The molecule has 132 valence electrons. The Morgan fingerprint density at radius 2 is 1.73 bits per heavy atom. The molecule has 3 N–H and O–H groups in total. The molecule has 0 saturated carbocycles. The van der Waals surface area contributed by atoms with Crippen molar-refractivity contribution in [2.75, 3.05) is 11.1 Å². The van der Waals surface area contributed by atoms with Crippen LogP contribution >= 0.6 is 23.4 Å². The maximum absolute atomic E-state index is 12.4. The molecule has 0 aliphatic rings. The number of carbonyl (C=O) groups excluding carboxylic acids is 2. The number of nitrogens with one attached hydrogen (secondary N) is 1. The number of para-hydroxylation sites is 1. The number of hydrogen-bond donors (Lipinski definition) is 2. The Morgan fingerprint density at radius 1 is 1.00 bits per heavy atom. The number of carbonyl (C=O) groups is 2. The number of thioether (sulfide) groups is 1. The van der Waals surface area contributed by atoms with E-state index in [1.165, 1.54) is 11.8 Å². The van der Waals surface area contributed by atoms with E-state index < -0.39 is 5.91 Å². The first kappa shape index (κ1) is 18.3. The lowest BCUT2D eigenvalue weighted by Crippen LogP contribution is -2.18. The smallest absolute Gasteiger partial charge is 0.234 e. The second-order valence-corrected chi connectivity index (χ2v) is 7.16. The molecule has 2 amide bonds. The molecule has 0 aromatic heterocycles. The third kappa shape index (κ3) is 4.36. The van der Waals surface area contributed by atoms with Crippen molar-refractivity contribution in [3.05, 3.63) is 71.2 Å². The minimum Gasteiger partial charge on any atom is -0.369 e. The van der Waals surface area contributed by atoms with Crippen LogP contribution in [-0.4, -0.2) is 17.6 Å². The molecule has 0 bridgehead atoms. The molecular formula is C20H17ClN2O2S. The molecule has 6 heteroatoms. The van der Waals surface area contributed by atoms with Crippen LogP contribution in [0.15, 0.2) is 65.6 Å². The summed E-state index contributed by atoms with van der Waals surface area (Å²) in [5, 5.41) is 5.50. The van der Waals surface area contributed by atoms with Crippen molar-refractivity contribution in [2.24, 2.45) is 5.73 Å². The average molecular weight is 385 g/mol. The monoisotopic (exact) mass is 384 g/mol. The van der Waals surface area contributed by atoms with Gasteiger partial charge in [-0.25, -0.2) is 0 Å².